The molecular weight excluding hydrogens is 316 g/mol. The Bertz CT molecular complexity index is 957. The standard InChI is InChI=1S/C18H20N6O/c1-13-3-6-17(21-20-13)24-9-7-23(8-10-24)14-4-5-15-16(11-14)19-12-22(2)18(15)25/h3-6,11-12H,7-10H2,1-2H3. The Hall–Kier alpha value is -2.96. The minimum atomic E-state index is -0.0145. The summed E-state index contributed by atoms with van der Waals surface area (Å²) in [7, 11) is 1.72. The number of aryl methyl sites for hydroxylation is 2. The van der Waals surface area contributed by atoms with Crippen molar-refractivity contribution in [1.29, 1.82) is 0 Å². The molecule has 0 radical (unpaired) electrons. The van der Waals surface area contributed by atoms with E-state index in [0.29, 0.717) is 5.39 Å². The van der Waals surface area contributed by atoms with Crippen LogP contribution < -0.4 is 15.4 Å². The molecule has 0 atom stereocenters. The van der Waals surface area contributed by atoms with Gasteiger partial charge in [0.2, 0.25) is 0 Å². The van der Waals surface area contributed by atoms with Crippen molar-refractivity contribution >= 4 is 22.4 Å². The molecule has 2 aromatic heterocycles. The number of hydrogen-bond acceptors (Lipinski definition) is 6. The maximum absolute atomic E-state index is 12.1. The highest BCUT2D eigenvalue weighted by Gasteiger charge is 2.19. The fourth-order valence-electron chi connectivity index (χ4n) is 3.15. The predicted octanol–water partition coefficient (Wildman–Crippen LogP) is 1.36. The summed E-state index contributed by atoms with van der Waals surface area (Å²) in [4.78, 5) is 21.1. The third-order valence-electron chi connectivity index (χ3n) is 4.65. The molecule has 1 fully saturated rings. The minimum absolute atomic E-state index is 0.0145. The Kier molecular flexibility index (Phi) is 3.83. The van der Waals surface area contributed by atoms with E-state index < -0.39 is 0 Å². The number of benzene rings is 1. The second-order valence-corrected chi connectivity index (χ2v) is 6.37. The van der Waals surface area contributed by atoms with Gasteiger partial charge >= 0.3 is 0 Å². The first-order chi connectivity index (χ1) is 12.1. The van der Waals surface area contributed by atoms with Crippen molar-refractivity contribution in [2.24, 2.45) is 7.05 Å². The monoisotopic (exact) mass is 336 g/mol. The molecule has 128 valence electrons. The van der Waals surface area contributed by atoms with Crippen LogP contribution in [-0.2, 0) is 7.05 Å². The normalized spacial score (nSPS) is 15.0. The first kappa shape index (κ1) is 15.6. The predicted molar refractivity (Wildman–Crippen MR) is 98.2 cm³/mol. The van der Waals surface area contributed by atoms with Crippen molar-refractivity contribution < 1.29 is 0 Å². The Morgan fingerprint density at radius 2 is 1.72 bits per heavy atom. The van der Waals surface area contributed by atoms with Gasteiger partial charge in [0.25, 0.3) is 5.56 Å². The Balaban J connectivity index is 1.52. The zero-order valence-electron chi connectivity index (χ0n) is 14.4. The third-order valence-corrected chi connectivity index (χ3v) is 4.65. The fourth-order valence-corrected chi connectivity index (χ4v) is 3.15. The third kappa shape index (κ3) is 2.93. The summed E-state index contributed by atoms with van der Waals surface area (Å²) in [5.41, 5.74) is 2.76. The average molecular weight is 336 g/mol. The number of rotatable bonds is 2. The second-order valence-electron chi connectivity index (χ2n) is 6.37. The molecule has 0 amide bonds. The molecule has 1 aliphatic rings. The van der Waals surface area contributed by atoms with E-state index in [4.69, 9.17) is 0 Å². The van der Waals surface area contributed by atoms with Crippen LogP contribution in [0.4, 0.5) is 11.5 Å². The fraction of sp³-hybridized carbons (Fsp3) is 0.333. The summed E-state index contributed by atoms with van der Waals surface area (Å²) in [5.74, 6) is 0.925. The summed E-state index contributed by atoms with van der Waals surface area (Å²) in [6.07, 6.45) is 1.57. The molecule has 0 saturated carbocycles. The lowest BCUT2D eigenvalue weighted by atomic mass is 10.2. The molecule has 0 unspecified atom stereocenters. The van der Waals surface area contributed by atoms with Gasteiger partial charge in [0.05, 0.1) is 22.9 Å². The van der Waals surface area contributed by atoms with Crippen molar-refractivity contribution in [3.63, 3.8) is 0 Å². The summed E-state index contributed by atoms with van der Waals surface area (Å²) in [6.45, 7) is 5.51. The van der Waals surface area contributed by atoms with Gasteiger partial charge in [-0.2, -0.15) is 5.10 Å². The molecule has 3 aromatic rings. The van der Waals surface area contributed by atoms with Gasteiger partial charge in [0.1, 0.15) is 0 Å². The number of anilines is 2. The van der Waals surface area contributed by atoms with Gasteiger partial charge < -0.3 is 14.4 Å². The number of nitrogens with zero attached hydrogens (tertiary/aromatic N) is 6. The number of piperazine rings is 1. The Morgan fingerprint density at radius 1 is 0.960 bits per heavy atom. The molecule has 25 heavy (non-hydrogen) atoms. The van der Waals surface area contributed by atoms with Gasteiger partial charge in [-0.3, -0.25) is 4.79 Å². The van der Waals surface area contributed by atoms with Gasteiger partial charge in [0, 0.05) is 38.9 Å². The van der Waals surface area contributed by atoms with E-state index in [-0.39, 0.29) is 5.56 Å². The lowest BCUT2D eigenvalue weighted by molar-refractivity contribution is 0.643. The maximum atomic E-state index is 12.1. The van der Waals surface area contributed by atoms with Crippen molar-refractivity contribution in [3.8, 4) is 0 Å². The Morgan fingerprint density at radius 3 is 2.44 bits per heavy atom. The van der Waals surface area contributed by atoms with E-state index in [1.807, 2.05) is 37.3 Å². The molecule has 1 aromatic carbocycles. The minimum Gasteiger partial charge on any atom is -0.368 e. The summed E-state index contributed by atoms with van der Waals surface area (Å²) < 4.78 is 1.50. The molecule has 0 aliphatic carbocycles. The largest absolute Gasteiger partial charge is 0.368 e. The maximum Gasteiger partial charge on any atom is 0.260 e. The van der Waals surface area contributed by atoms with E-state index in [2.05, 4.69) is 25.0 Å². The van der Waals surface area contributed by atoms with Crippen LogP contribution in [-0.4, -0.2) is 45.9 Å². The Labute approximate surface area is 145 Å². The van der Waals surface area contributed by atoms with Gasteiger partial charge in [-0.1, -0.05) is 0 Å². The molecular formula is C18H20N6O. The number of hydrogen-bond donors (Lipinski definition) is 0. The molecule has 7 nitrogen and oxygen atoms in total. The zero-order valence-corrected chi connectivity index (χ0v) is 14.4. The van der Waals surface area contributed by atoms with E-state index in [1.165, 1.54) is 4.57 Å². The van der Waals surface area contributed by atoms with E-state index in [9.17, 15) is 4.79 Å². The summed E-state index contributed by atoms with van der Waals surface area (Å²) in [6, 6.07) is 9.89. The van der Waals surface area contributed by atoms with E-state index >= 15 is 0 Å². The van der Waals surface area contributed by atoms with Gasteiger partial charge in [0.15, 0.2) is 5.82 Å². The van der Waals surface area contributed by atoms with Gasteiger partial charge in [-0.05, 0) is 37.3 Å². The summed E-state index contributed by atoms with van der Waals surface area (Å²) in [5, 5.41) is 9.06. The van der Waals surface area contributed by atoms with Crippen LogP contribution in [0.3, 0.4) is 0 Å². The lowest BCUT2D eigenvalue weighted by Crippen LogP contribution is -2.46. The van der Waals surface area contributed by atoms with Crippen LogP contribution in [0.1, 0.15) is 5.69 Å². The first-order valence-corrected chi connectivity index (χ1v) is 8.37. The molecule has 0 spiro atoms. The first-order valence-electron chi connectivity index (χ1n) is 8.37. The van der Waals surface area contributed by atoms with Crippen LogP contribution in [0, 0.1) is 6.92 Å². The lowest BCUT2D eigenvalue weighted by Gasteiger charge is -2.36. The molecule has 0 N–H and O–H groups in total. The molecule has 1 aliphatic heterocycles. The van der Waals surface area contributed by atoms with Crippen LogP contribution in [0.5, 0.6) is 0 Å². The van der Waals surface area contributed by atoms with Crippen molar-refractivity contribution in [3.05, 3.63) is 52.7 Å². The number of aromatic nitrogens is 4. The highest BCUT2D eigenvalue weighted by Crippen LogP contribution is 2.21. The van der Waals surface area contributed by atoms with E-state index in [1.54, 1.807) is 13.4 Å². The summed E-state index contributed by atoms with van der Waals surface area (Å²) >= 11 is 0. The van der Waals surface area contributed by atoms with E-state index in [0.717, 1.165) is 48.9 Å². The average Bonchev–Trinajstić information content (AvgIpc) is 2.65. The highest BCUT2D eigenvalue weighted by molar-refractivity contribution is 5.81. The topological polar surface area (TPSA) is 67.2 Å². The quantitative estimate of drug-likeness (QED) is 0.704. The van der Waals surface area contributed by atoms with Gasteiger partial charge in [-0.15, -0.1) is 5.10 Å². The molecule has 0 bridgehead atoms. The van der Waals surface area contributed by atoms with Crippen LogP contribution in [0.25, 0.3) is 10.9 Å². The molecule has 7 heteroatoms. The van der Waals surface area contributed by atoms with Crippen LogP contribution >= 0.6 is 0 Å². The highest BCUT2D eigenvalue weighted by atomic mass is 16.1. The zero-order chi connectivity index (χ0) is 17.4. The SMILES string of the molecule is Cc1ccc(N2CCN(c3ccc4c(=O)n(C)cnc4c3)CC2)nn1. The molecule has 4 rings (SSSR count). The second kappa shape index (κ2) is 6.16. The van der Waals surface area contributed by atoms with Crippen molar-refractivity contribution in [2.45, 2.75) is 6.92 Å². The van der Waals surface area contributed by atoms with Crippen molar-refractivity contribution in [1.82, 2.24) is 19.7 Å². The number of fused-ring (bicyclic) bond motifs is 1. The van der Waals surface area contributed by atoms with Crippen LogP contribution in [0.15, 0.2) is 41.5 Å². The van der Waals surface area contributed by atoms with Crippen LogP contribution in [0.2, 0.25) is 0 Å². The molecule has 1 saturated heterocycles. The van der Waals surface area contributed by atoms with Crippen molar-refractivity contribution in [2.75, 3.05) is 36.0 Å². The van der Waals surface area contributed by atoms with Gasteiger partial charge in [-0.25, -0.2) is 4.98 Å². The molecule has 3 heterocycles. The smallest absolute Gasteiger partial charge is 0.260 e.